The number of anilines is 3. The van der Waals surface area contributed by atoms with Gasteiger partial charge in [0.2, 0.25) is 0 Å². The van der Waals surface area contributed by atoms with E-state index in [-0.39, 0.29) is 0 Å². The topological polar surface area (TPSA) is 12.5 Å². The summed E-state index contributed by atoms with van der Waals surface area (Å²) < 4.78 is 6.89. The molecule has 1 aliphatic carbocycles. The fourth-order valence-electron chi connectivity index (χ4n) is 9.18. The minimum Gasteiger partial charge on any atom is -0.457 e. The molecule has 0 saturated carbocycles. The van der Waals surface area contributed by atoms with Crippen molar-refractivity contribution in [2.75, 3.05) is 4.90 Å². The van der Waals surface area contributed by atoms with Gasteiger partial charge in [-0.3, -0.25) is 0 Å². The monoisotopic (exact) mass is 701 g/mol. The van der Waals surface area contributed by atoms with Crippen LogP contribution in [-0.4, -0.2) is 0 Å². The molecule has 0 fully saturated rings. The quantitative estimate of drug-likeness (QED) is 0.177. The summed E-state index contributed by atoms with van der Waals surface area (Å²) in [5.74, 6) is 1.77. The van der Waals surface area contributed by atoms with Crippen molar-refractivity contribution in [2.45, 2.75) is 5.41 Å². The molecule has 9 aromatic rings. The summed E-state index contributed by atoms with van der Waals surface area (Å²) in [7, 11) is 0. The van der Waals surface area contributed by atoms with E-state index in [2.05, 4.69) is 217 Å². The highest BCUT2D eigenvalue weighted by Gasteiger charge is 2.53. The molecule has 258 valence electrons. The Morgan fingerprint density at radius 1 is 0.345 bits per heavy atom. The van der Waals surface area contributed by atoms with E-state index in [1.54, 1.807) is 0 Å². The number of para-hydroxylation sites is 2. The first-order valence-electron chi connectivity index (χ1n) is 18.9. The van der Waals surface area contributed by atoms with Crippen LogP contribution in [0.3, 0.4) is 0 Å². The van der Waals surface area contributed by atoms with Crippen molar-refractivity contribution in [2.24, 2.45) is 0 Å². The Labute approximate surface area is 321 Å². The zero-order valence-corrected chi connectivity index (χ0v) is 30.1. The van der Waals surface area contributed by atoms with Crippen LogP contribution >= 0.6 is 0 Å². The van der Waals surface area contributed by atoms with E-state index in [0.29, 0.717) is 0 Å². The average molecular weight is 702 g/mol. The lowest BCUT2D eigenvalue weighted by molar-refractivity contribution is 0.437. The molecule has 2 nitrogen and oxygen atoms in total. The Morgan fingerprint density at radius 3 is 1.69 bits per heavy atom. The van der Waals surface area contributed by atoms with E-state index >= 15 is 0 Å². The highest BCUT2D eigenvalue weighted by Crippen LogP contribution is 2.65. The molecule has 0 saturated heterocycles. The molecular formula is C53H35NO. The first-order chi connectivity index (χ1) is 27.3. The van der Waals surface area contributed by atoms with E-state index in [1.165, 1.54) is 44.3 Å². The van der Waals surface area contributed by atoms with Gasteiger partial charge in [0.1, 0.15) is 11.5 Å². The zero-order chi connectivity index (χ0) is 36.3. The minimum atomic E-state index is -0.666. The van der Waals surface area contributed by atoms with Crippen molar-refractivity contribution in [1.82, 2.24) is 0 Å². The highest BCUT2D eigenvalue weighted by atomic mass is 16.5. The van der Waals surface area contributed by atoms with Crippen LogP contribution in [0.25, 0.3) is 44.2 Å². The zero-order valence-electron chi connectivity index (χ0n) is 30.1. The van der Waals surface area contributed by atoms with Crippen LogP contribution in [0.15, 0.2) is 212 Å². The van der Waals surface area contributed by atoms with E-state index in [0.717, 1.165) is 50.6 Å². The Kier molecular flexibility index (Phi) is 7.11. The largest absolute Gasteiger partial charge is 0.457 e. The van der Waals surface area contributed by atoms with Crippen molar-refractivity contribution >= 4 is 27.8 Å². The molecule has 0 N–H and O–H groups in total. The van der Waals surface area contributed by atoms with Crippen molar-refractivity contribution in [3.05, 3.63) is 235 Å². The molecule has 0 radical (unpaired) electrons. The van der Waals surface area contributed by atoms with E-state index < -0.39 is 5.41 Å². The third-order valence-electron chi connectivity index (χ3n) is 11.5. The van der Waals surface area contributed by atoms with Crippen LogP contribution in [0, 0.1) is 0 Å². The summed E-state index contributed by atoms with van der Waals surface area (Å²) in [6, 6.07) is 76.9. The summed E-state index contributed by atoms with van der Waals surface area (Å²) in [5, 5.41) is 2.35. The number of nitrogens with zero attached hydrogens (tertiary/aromatic N) is 1. The van der Waals surface area contributed by atoms with Gasteiger partial charge in [-0.2, -0.15) is 0 Å². The minimum absolute atomic E-state index is 0.666. The standard InChI is InChI=1S/C53H35NO/c1-3-16-36(17-4-1)37-30-32-41(33-31-37)54(48-27-13-10-22-42(48)38-18-5-2-6-19-38)49-28-15-24-44-43-23-9-11-25-45(43)53(52(44)49)46-26-12-14-29-50(46)55-51-35-40-21-8-7-20-39(40)34-47(51)53/h1-35H. The molecule has 1 aliphatic heterocycles. The second-order valence-electron chi connectivity index (χ2n) is 14.4. The summed E-state index contributed by atoms with van der Waals surface area (Å²) in [5.41, 5.74) is 14.6. The fourth-order valence-corrected chi connectivity index (χ4v) is 9.18. The third-order valence-corrected chi connectivity index (χ3v) is 11.5. The lowest BCUT2D eigenvalue weighted by atomic mass is 9.65. The first kappa shape index (κ1) is 31.4. The van der Waals surface area contributed by atoms with Gasteiger partial charge in [-0.05, 0) is 86.6 Å². The summed E-state index contributed by atoms with van der Waals surface area (Å²) in [4.78, 5) is 2.49. The molecule has 1 spiro atoms. The maximum Gasteiger partial charge on any atom is 0.132 e. The van der Waals surface area contributed by atoms with Gasteiger partial charge in [-0.25, -0.2) is 0 Å². The molecule has 55 heavy (non-hydrogen) atoms. The van der Waals surface area contributed by atoms with Gasteiger partial charge in [-0.15, -0.1) is 0 Å². The van der Waals surface area contributed by atoms with E-state index in [9.17, 15) is 0 Å². The first-order valence-corrected chi connectivity index (χ1v) is 18.9. The lowest BCUT2D eigenvalue weighted by Gasteiger charge is -2.42. The van der Waals surface area contributed by atoms with Crippen LogP contribution in [0.4, 0.5) is 17.1 Å². The van der Waals surface area contributed by atoms with Crippen LogP contribution in [0.2, 0.25) is 0 Å². The normalized spacial score (nSPS) is 14.8. The third kappa shape index (κ3) is 4.75. The van der Waals surface area contributed by atoms with Gasteiger partial charge in [0, 0.05) is 27.9 Å². The van der Waals surface area contributed by atoms with Crippen molar-refractivity contribution in [1.29, 1.82) is 0 Å². The average Bonchev–Trinajstić information content (AvgIpc) is 3.55. The van der Waals surface area contributed by atoms with Gasteiger partial charge in [-0.1, -0.05) is 170 Å². The molecule has 0 amide bonds. The predicted molar refractivity (Wildman–Crippen MR) is 227 cm³/mol. The number of ether oxygens (including phenoxy) is 1. The molecule has 1 unspecified atom stereocenters. The number of fused-ring (bicyclic) bond motifs is 10. The fraction of sp³-hybridized carbons (Fsp3) is 0.0189. The summed E-state index contributed by atoms with van der Waals surface area (Å²) in [6.07, 6.45) is 0. The summed E-state index contributed by atoms with van der Waals surface area (Å²) >= 11 is 0. The van der Waals surface area contributed by atoms with Crippen molar-refractivity contribution < 1.29 is 4.74 Å². The highest BCUT2D eigenvalue weighted by molar-refractivity contribution is 5.99. The van der Waals surface area contributed by atoms with Gasteiger partial charge < -0.3 is 9.64 Å². The molecule has 2 heteroatoms. The predicted octanol–water partition coefficient (Wildman–Crippen LogP) is 14.1. The number of hydrogen-bond acceptors (Lipinski definition) is 2. The molecule has 0 aromatic heterocycles. The Bertz CT molecular complexity index is 2900. The Balaban J connectivity index is 1.25. The lowest BCUT2D eigenvalue weighted by Crippen LogP contribution is -2.33. The SMILES string of the molecule is c1ccc(-c2ccc(N(c3ccccc3-c3ccccc3)c3cccc4c3C3(c5ccccc5Oc5cc6ccccc6cc53)c3ccccc3-4)cc2)cc1. The van der Waals surface area contributed by atoms with Gasteiger partial charge in [0.25, 0.3) is 0 Å². The molecule has 11 rings (SSSR count). The summed E-state index contributed by atoms with van der Waals surface area (Å²) in [6.45, 7) is 0. The molecule has 2 aliphatic rings. The van der Waals surface area contributed by atoms with Crippen LogP contribution in [-0.2, 0) is 5.41 Å². The van der Waals surface area contributed by atoms with E-state index in [1.807, 2.05) is 0 Å². The van der Waals surface area contributed by atoms with E-state index in [4.69, 9.17) is 4.74 Å². The molecule has 1 atom stereocenters. The van der Waals surface area contributed by atoms with Crippen LogP contribution in [0.5, 0.6) is 11.5 Å². The molecule has 1 heterocycles. The number of benzene rings is 9. The number of hydrogen-bond donors (Lipinski definition) is 0. The molecule has 0 bridgehead atoms. The van der Waals surface area contributed by atoms with Gasteiger partial charge in [0.15, 0.2) is 0 Å². The van der Waals surface area contributed by atoms with Gasteiger partial charge >= 0.3 is 0 Å². The molecule has 9 aromatic carbocycles. The maximum absolute atomic E-state index is 6.89. The van der Waals surface area contributed by atoms with Crippen molar-refractivity contribution in [3.8, 4) is 44.9 Å². The van der Waals surface area contributed by atoms with Crippen LogP contribution < -0.4 is 9.64 Å². The smallest absolute Gasteiger partial charge is 0.132 e. The second-order valence-corrected chi connectivity index (χ2v) is 14.4. The maximum atomic E-state index is 6.89. The van der Waals surface area contributed by atoms with Crippen molar-refractivity contribution in [3.63, 3.8) is 0 Å². The Hall–Kier alpha value is -7.16. The second kappa shape index (κ2) is 12.5. The Morgan fingerprint density at radius 2 is 0.909 bits per heavy atom. The van der Waals surface area contributed by atoms with Gasteiger partial charge in [0.05, 0.1) is 16.8 Å². The molecular weight excluding hydrogens is 667 g/mol. The number of rotatable bonds is 5. The van der Waals surface area contributed by atoms with Crippen LogP contribution in [0.1, 0.15) is 22.3 Å².